The lowest BCUT2D eigenvalue weighted by Gasteiger charge is -2.09. The van der Waals surface area contributed by atoms with E-state index in [-0.39, 0.29) is 0 Å². The zero-order chi connectivity index (χ0) is 10.7. The van der Waals surface area contributed by atoms with Crippen molar-refractivity contribution in [3.8, 4) is 0 Å². The van der Waals surface area contributed by atoms with Gasteiger partial charge in [0.15, 0.2) is 5.11 Å². The summed E-state index contributed by atoms with van der Waals surface area (Å²) < 4.78 is 2.87. The van der Waals surface area contributed by atoms with E-state index in [4.69, 9.17) is 12.2 Å². The zero-order valence-electron chi connectivity index (χ0n) is 8.24. The molecule has 1 aromatic heterocycles. The summed E-state index contributed by atoms with van der Waals surface area (Å²) >= 11 is 8.48. The Kier molecular flexibility index (Phi) is 3.58. The third-order valence-electron chi connectivity index (χ3n) is 2.14. The number of nitrogens with zero attached hydrogens (tertiary/aromatic N) is 2. The van der Waals surface area contributed by atoms with E-state index in [9.17, 15) is 0 Å². The van der Waals surface area contributed by atoms with E-state index in [1.165, 1.54) is 12.8 Å². The molecular weight excluding hydrogens is 276 g/mol. The summed E-state index contributed by atoms with van der Waals surface area (Å²) in [5.74, 6) is 0. The van der Waals surface area contributed by atoms with Crippen molar-refractivity contribution in [2.45, 2.75) is 25.4 Å². The maximum Gasteiger partial charge on any atom is 0.166 e. The number of thiocarbonyl (C=S) groups is 1. The van der Waals surface area contributed by atoms with Crippen molar-refractivity contribution in [3.63, 3.8) is 0 Å². The van der Waals surface area contributed by atoms with Gasteiger partial charge in [-0.2, -0.15) is 5.10 Å². The van der Waals surface area contributed by atoms with Crippen LogP contribution in [0.4, 0.5) is 0 Å². The van der Waals surface area contributed by atoms with Gasteiger partial charge >= 0.3 is 0 Å². The summed E-state index contributed by atoms with van der Waals surface area (Å²) in [5, 5.41) is 11.3. The van der Waals surface area contributed by atoms with E-state index in [2.05, 4.69) is 31.7 Å². The molecule has 0 spiro atoms. The second-order valence-corrected chi connectivity index (χ2v) is 4.92. The molecule has 0 atom stereocenters. The molecule has 0 saturated heterocycles. The van der Waals surface area contributed by atoms with Crippen molar-refractivity contribution < 1.29 is 0 Å². The van der Waals surface area contributed by atoms with Gasteiger partial charge in [0.05, 0.1) is 17.2 Å². The van der Waals surface area contributed by atoms with Gasteiger partial charge in [-0.15, -0.1) is 0 Å². The molecule has 15 heavy (non-hydrogen) atoms. The van der Waals surface area contributed by atoms with E-state index in [0.717, 1.165) is 22.7 Å². The Morgan fingerprint density at radius 2 is 2.47 bits per heavy atom. The van der Waals surface area contributed by atoms with Crippen molar-refractivity contribution >= 4 is 33.3 Å². The van der Waals surface area contributed by atoms with Gasteiger partial charge in [-0.3, -0.25) is 4.68 Å². The Bertz CT molecular complexity index is 348. The number of hydrogen-bond acceptors (Lipinski definition) is 2. The van der Waals surface area contributed by atoms with Gasteiger partial charge in [-0.25, -0.2) is 0 Å². The van der Waals surface area contributed by atoms with Gasteiger partial charge in [0.1, 0.15) is 0 Å². The van der Waals surface area contributed by atoms with Gasteiger partial charge in [-0.05, 0) is 41.0 Å². The minimum absolute atomic E-state index is 0.615. The molecule has 0 bridgehead atoms. The molecule has 2 rings (SSSR count). The number of halogens is 1. The molecule has 0 radical (unpaired) electrons. The third-order valence-corrected chi connectivity index (χ3v) is 2.81. The Balaban J connectivity index is 1.63. The first kappa shape index (κ1) is 10.9. The van der Waals surface area contributed by atoms with Gasteiger partial charge in [0, 0.05) is 18.8 Å². The van der Waals surface area contributed by atoms with E-state index in [1.54, 1.807) is 6.20 Å². The molecule has 1 heterocycles. The molecule has 0 unspecified atom stereocenters. The second-order valence-electron chi connectivity index (χ2n) is 3.60. The van der Waals surface area contributed by atoms with Crippen LogP contribution in [0.15, 0.2) is 16.9 Å². The fraction of sp³-hybridized carbons (Fsp3) is 0.556. The summed E-state index contributed by atoms with van der Waals surface area (Å²) in [4.78, 5) is 0. The first-order chi connectivity index (χ1) is 7.24. The van der Waals surface area contributed by atoms with Crippen LogP contribution >= 0.6 is 28.1 Å². The number of nitrogens with one attached hydrogen (secondary N) is 2. The molecule has 0 aliphatic heterocycles. The Morgan fingerprint density at radius 1 is 1.67 bits per heavy atom. The maximum atomic E-state index is 5.13. The Hall–Kier alpha value is -0.620. The standard InChI is InChI=1S/C9H13BrN4S/c10-7-5-12-14(6-7)4-3-11-9(15)13-8-1-2-8/h5-6,8H,1-4H2,(H2,11,13,15). The molecule has 0 aromatic carbocycles. The highest BCUT2D eigenvalue weighted by Crippen LogP contribution is 2.18. The summed E-state index contributed by atoms with van der Waals surface area (Å²) in [5.41, 5.74) is 0. The van der Waals surface area contributed by atoms with E-state index < -0.39 is 0 Å². The van der Waals surface area contributed by atoms with Gasteiger partial charge in [0.25, 0.3) is 0 Å². The van der Waals surface area contributed by atoms with Crippen LogP contribution in [0, 0.1) is 0 Å². The Labute approximate surface area is 103 Å². The smallest absolute Gasteiger partial charge is 0.166 e. The molecule has 0 amide bonds. The molecule has 1 fully saturated rings. The summed E-state index contributed by atoms with van der Waals surface area (Å²) in [7, 11) is 0. The fourth-order valence-corrected chi connectivity index (χ4v) is 1.81. The van der Waals surface area contributed by atoms with E-state index in [1.807, 2.05) is 10.9 Å². The number of rotatable bonds is 4. The third kappa shape index (κ3) is 3.79. The second kappa shape index (κ2) is 4.94. The average molecular weight is 289 g/mol. The van der Waals surface area contributed by atoms with E-state index in [0.29, 0.717) is 6.04 Å². The van der Waals surface area contributed by atoms with Crippen LogP contribution in [-0.2, 0) is 6.54 Å². The van der Waals surface area contributed by atoms with Gasteiger partial charge in [0.2, 0.25) is 0 Å². The lowest BCUT2D eigenvalue weighted by Crippen LogP contribution is -2.38. The molecule has 6 heteroatoms. The van der Waals surface area contributed by atoms with Crippen molar-refractivity contribution in [1.82, 2.24) is 20.4 Å². The minimum Gasteiger partial charge on any atom is -0.361 e. The van der Waals surface area contributed by atoms with Crippen LogP contribution in [0.3, 0.4) is 0 Å². The normalized spacial score (nSPS) is 15.0. The predicted octanol–water partition coefficient (Wildman–Crippen LogP) is 1.27. The van der Waals surface area contributed by atoms with Crippen LogP contribution in [0.25, 0.3) is 0 Å². The Morgan fingerprint density at radius 3 is 3.07 bits per heavy atom. The first-order valence-electron chi connectivity index (χ1n) is 4.96. The maximum absolute atomic E-state index is 5.13. The van der Waals surface area contributed by atoms with Crippen LogP contribution in [0.2, 0.25) is 0 Å². The molecule has 2 N–H and O–H groups in total. The minimum atomic E-state index is 0.615. The summed E-state index contributed by atoms with van der Waals surface area (Å²) in [6.07, 6.45) is 6.21. The lowest BCUT2D eigenvalue weighted by molar-refractivity contribution is 0.600. The quantitative estimate of drug-likeness (QED) is 0.819. The molecule has 4 nitrogen and oxygen atoms in total. The molecule has 1 aliphatic carbocycles. The highest BCUT2D eigenvalue weighted by Gasteiger charge is 2.21. The van der Waals surface area contributed by atoms with Crippen LogP contribution in [0.5, 0.6) is 0 Å². The SMILES string of the molecule is S=C(NCCn1cc(Br)cn1)NC1CC1. The molecule has 82 valence electrons. The molecular formula is C9H13BrN4S. The van der Waals surface area contributed by atoms with Gasteiger partial charge in [-0.1, -0.05) is 0 Å². The van der Waals surface area contributed by atoms with Crippen molar-refractivity contribution in [3.05, 3.63) is 16.9 Å². The van der Waals surface area contributed by atoms with Crippen LogP contribution in [0.1, 0.15) is 12.8 Å². The summed E-state index contributed by atoms with van der Waals surface area (Å²) in [6.45, 7) is 1.62. The largest absolute Gasteiger partial charge is 0.361 e. The van der Waals surface area contributed by atoms with Crippen LogP contribution < -0.4 is 10.6 Å². The molecule has 1 saturated carbocycles. The molecule has 1 aromatic rings. The average Bonchev–Trinajstić information content (AvgIpc) is 2.89. The van der Waals surface area contributed by atoms with Crippen molar-refractivity contribution in [1.29, 1.82) is 0 Å². The number of hydrogen-bond donors (Lipinski definition) is 2. The van der Waals surface area contributed by atoms with Crippen molar-refractivity contribution in [2.75, 3.05) is 6.54 Å². The highest BCUT2D eigenvalue weighted by molar-refractivity contribution is 9.10. The first-order valence-corrected chi connectivity index (χ1v) is 6.16. The monoisotopic (exact) mass is 288 g/mol. The van der Waals surface area contributed by atoms with Crippen LogP contribution in [-0.4, -0.2) is 27.5 Å². The van der Waals surface area contributed by atoms with Gasteiger partial charge < -0.3 is 10.6 Å². The zero-order valence-corrected chi connectivity index (χ0v) is 10.6. The lowest BCUT2D eigenvalue weighted by atomic mass is 10.6. The van der Waals surface area contributed by atoms with Crippen molar-refractivity contribution in [2.24, 2.45) is 0 Å². The molecule has 1 aliphatic rings. The number of aromatic nitrogens is 2. The predicted molar refractivity (Wildman–Crippen MR) is 66.7 cm³/mol. The topological polar surface area (TPSA) is 41.9 Å². The van der Waals surface area contributed by atoms with E-state index >= 15 is 0 Å². The fourth-order valence-electron chi connectivity index (χ4n) is 1.21. The summed E-state index contributed by atoms with van der Waals surface area (Å²) in [6, 6.07) is 0.615. The highest BCUT2D eigenvalue weighted by atomic mass is 79.9.